The number of likely N-dealkylation sites (tertiary alicyclic amines) is 1. The second-order valence-corrected chi connectivity index (χ2v) is 5.06. The average molecular weight is 269 g/mol. The first-order valence-electron chi connectivity index (χ1n) is 6.24. The zero-order valence-electron chi connectivity index (χ0n) is 10.2. The number of pyridine rings is 1. The van der Waals surface area contributed by atoms with E-state index in [0.29, 0.717) is 17.4 Å². The van der Waals surface area contributed by atoms with Gasteiger partial charge in [-0.15, -0.1) is 11.6 Å². The van der Waals surface area contributed by atoms with Crippen LogP contribution in [0.4, 0.5) is 0 Å². The van der Waals surface area contributed by atoms with Crippen molar-refractivity contribution >= 4 is 17.5 Å². The number of hydrogen-bond acceptors (Lipinski definition) is 2. The molecule has 2 rings (SSSR count). The van der Waals surface area contributed by atoms with Crippen LogP contribution < -0.4 is 5.56 Å². The largest absolute Gasteiger partial charge is 0.338 e. The van der Waals surface area contributed by atoms with E-state index in [4.69, 9.17) is 11.6 Å². The Hall–Kier alpha value is -1.29. The van der Waals surface area contributed by atoms with Gasteiger partial charge < -0.3 is 9.88 Å². The van der Waals surface area contributed by atoms with Crippen LogP contribution in [0.5, 0.6) is 0 Å². The molecule has 1 unspecified atom stereocenters. The van der Waals surface area contributed by atoms with Crippen LogP contribution >= 0.6 is 11.6 Å². The highest BCUT2D eigenvalue weighted by Gasteiger charge is 2.24. The van der Waals surface area contributed by atoms with Gasteiger partial charge in [-0.05, 0) is 31.2 Å². The molecule has 1 aromatic heterocycles. The van der Waals surface area contributed by atoms with Gasteiger partial charge in [0.2, 0.25) is 5.56 Å². The predicted molar refractivity (Wildman–Crippen MR) is 71.0 cm³/mol. The van der Waals surface area contributed by atoms with E-state index in [1.807, 2.05) is 4.90 Å². The third-order valence-corrected chi connectivity index (χ3v) is 3.57. The first kappa shape index (κ1) is 13.1. The number of aromatic amines is 1. The van der Waals surface area contributed by atoms with Crippen molar-refractivity contribution in [3.05, 3.63) is 34.2 Å². The standard InChI is InChI=1S/C13H17ClN2O2/c14-6-5-10-2-1-7-16(9-10)13(18)11-3-4-12(17)15-8-11/h3-4,8,10H,1-2,5-7,9H2,(H,15,17). The number of rotatable bonds is 3. The fourth-order valence-corrected chi connectivity index (χ4v) is 2.67. The monoisotopic (exact) mass is 268 g/mol. The summed E-state index contributed by atoms with van der Waals surface area (Å²) in [4.78, 5) is 27.6. The van der Waals surface area contributed by atoms with Crippen LogP contribution in [0.1, 0.15) is 29.6 Å². The van der Waals surface area contributed by atoms with E-state index in [9.17, 15) is 9.59 Å². The molecular formula is C13H17ClN2O2. The number of aromatic nitrogens is 1. The minimum Gasteiger partial charge on any atom is -0.338 e. The molecule has 1 aliphatic heterocycles. The first-order chi connectivity index (χ1) is 8.70. The number of H-pyrrole nitrogens is 1. The van der Waals surface area contributed by atoms with Crippen molar-refractivity contribution in [2.24, 2.45) is 5.92 Å². The number of amides is 1. The van der Waals surface area contributed by atoms with Gasteiger partial charge >= 0.3 is 0 Å². The normalized spacial score (nSPS) is 19.8. The summed E-state index contributed by atoms with van der Waals surface area (Å²) in [5.74, 6) is 1.14. The molecule has 0 aliphatic carbocycles. The lowest BCUT2D eigenvalue weighted by Gasteiger charge is -2.32. The SMILES string of the molecule is O=C(c1ccc(=O)[nH]c1)N1CCCC(CCCl)C1. The van der Waals surface area contributed by atoms with Gasteiger partial charge in [0, 0.05) is 31.2 Å². The van der Waals surface area contributed by atoms with Gasteiger partial charge in [-0.2, -0.15) is 0 Å². The van der Waals surface area contributed by atoms with Gasteiger partial charge in [-0.1, -0.05) is 0 Å². The molecule has 1 saturated heterocycles. The summed E-state index contributed by atoms with van der Waals surface area (Å²) in [5.41, 5.74) is 0.353. The van der Waals surface area contributed by atoms with Crippen LogP contribution in [-0.4, -0.2) is 34.8 Å². The summed E-state index contributed by atoms with van der Waals surface area (Å²) in [7, 11) is 0. The molecule has 5 heteroatoms. The van der Waals surface area contributed by atoms with E-state index in [-0.39, 0.29) is 11.5 Å². The van der Waals surface area contributed by atoms with E-state index in [1.54, 1.807) is 6.07 Å². The molecule has 1 aliphatic rings. The van der Waals surface area contributed by atoms with Gasteiger partial charge in [0.25, 0.3) is 5.91 Å². The van der Waals surface area contributed by atoms with Crippen LogP contribution in [0.15, 0.2) is 23.1 Å². The summed E-state index contributed by atoms with van der Waals surface area (Å²) in [6.45, 7) is 1.56. The predicted octanol–water partition coefficient (Wildman–Crippen LogP) is 1.86. The number of carbonyl (C=O) groups is 1. The first-order valence-corrected chi connectivity index (χ1v) is 6.78. The molecule has 98 valence electrons. The minimum absolute atomic E-state index is 0.00878. The second-order valence-electron chi connectivity index (χ2n) is 4.68. The fourth-order valence-electron chi connectivity index (χ4n) is 2.37. The Morgan fingerprint density at radius 3 is 3.00 bits per heavy atom. The van der Waals surface area contributed by atoms with E-state index in [2.05, 4.69) is 4.98 Å². The van der Waals surface area contributed by atoms with Crippen LogP contribution in [0.25, 0.3) is 0 Å². The zero-order valence-corrected chi connectivity index (χ0v) is 10.9. The number of alkyl halides is 1. The molecular weight excluding hydrogens is 252 g/mol. The lowest BCUT2D eigenvalue weighted by atomic mass is 9.95. The lowest BCUT2D eigenvalue weighted by molar-refractivity contribution is 0.0671. The Morgan fingerprint density at radius 2 is 2.33 bits per heavy atom. The number of hydrogen-bond donors (Lipinski definition) is 1. The van der Waals surface area contributed by atoms with Gasteiger partial charge in [-0.3, -0.25) is 9.59 Å². The van der Waals surface area contributed by atoms with E-state index in [0.717, 1.165) is 32.4 Å². The highest BCUT2D eigenvalue weighted by atomic mass is 35.5. The summed E-state index contributed by atoms with van der Waals surface area (Å²) >= 11 is 5.75. The highest BCUT2D eigenvalue weighted by molar-refractivity contribution is 6.17. The summed E-state index contributed by atoms with van der Waals surface area (Å²) in [6, 6.07) is 2.96. The molecule has 0 bridgehead atoms. The molecule has 2 heterocycles. The van der Waals surface area contributed by atoms with Gasteiger partial charge in [0.1, 0.15) is 0 Å². The molecule has 0 spiro atoms. The third kappa shape index (κ3) is 3.13. The maximum absolute atomic E-state index is 12.2. The fraction of sp³-hybridized carbons (Fsp3) is 0.538. The summed E-state index contributed by atoms with van der Waals surface area (Å²) < 4.78 is 0. The molecule has 18 heavy (non-hydrogen) atoms. The highest BCUT2D eigenvalue weighted by Crippen LogP contribution is 2.21. The molecule has 0 saturated carbocycles. The van der Waals surface area contributed by atoms with Gasteiger partial charge in [0.05, 0.1) is 5.56 Å². The minimum atomic E-state index is -0.190. The van der Waals surface area contributed by atoms with Crippen molar-refractivity contribution in [2.45, 2.75) is 19.3 Å². The van der Waals surface area contributed by atoms with Crippen LogP contribution in [-0.2, 0) is 0 Å². The Bertz CT molecular complexity index is 450. The number of piperidine rings is 1. The van der Waals surface area contributed by atoms with Crippen molar-refractivity contribution in [1.29, 1.82) is 0 Å². The molecule has 1 amide bonds. The lowest BCUT2D eigenvalue weighted by Crippen LogP contribution is -2.40. The van der Waals surface area contributed by atoms with E-state index in [1.165, 1.54) is 12.3 Å². The van der Waals surface area contributed by atoms with Crippen molar-refractivity contribution in [3.8, 4) is 0 Å². The molecule has 0 radical (unpaired) electrons. The van der Waals surface area contributed by atoms with Crippen molar-refractivity contribution in [3.63, 3.8) is 0 Å². The Morgan fingerprint density at radius 1 is 1.50 bits per heavy atom. The number of nitrogens with zero attached hydrogens (tertiary/aromatic N) is 1. The number of nitrogens with one attached hydrogen (secondary N) is 1. The van der Waals surface area contributed by atoms with Gasteiger partial charge in [0.15, 0.2) is 0 Å². The van der Waals surface area contributed by atoms with Gasteiger partial charge in [-0.25, -0.2) is 0 Å². The van der Waals surface area contributed by atoms with Crippen LogP contribution in [0, 0.1) is 5.92 Å². The number of carbonyl (C=O) groups excluding carboxylic acids is 1. The smallest absolute Gasteiger partial charge is 0.255 e. The molecule has 1 aromatic rings. The van der Waals surface area contributed by atoms with Crippen LogP contribution in [0.2, 0.25) is 0 Å². The summed E-state index contributed by atoms with van der Waals surface area (Å²) in [5, 5.41) is 0. The summed E-state index contributed by atoms with van der Waals surface area (Å²) in [6.07, 6.45) is 4.60. The van der Waals surface area contributed by atoms with E-state index < -0.39 is 0 Å². The Balaban J connectivity index is 2.04. The topological polar surface area (TPSA) is 53.2 Å². The third-order valence-electron chi connectivity index (χ3n) is 3.35. The number of halogens is 1. The van der Waals surface area contributed by atoms with Crippen molar-refractivity contribution in [1.82, 2.24) is 9.88 Å². The Labute approximate surface area is 111 Å². The molecule has 1 N–H and O–H groups in total. The van der Waals surface area contributed by atoms with Crippen LogP contribution in [0.3, 0.4) is 0 Å². The maximum atomic E-state index is 12.2. The van der Waals surface area contributed by atoms with E-state index >= 15 is 0 Å². The maximum Gasteiger partial charge on any atom is 0.255 e. The Kier molecular flexibility index (Phi) is 4.42. The van der Waals surface area contributed by atoms with Crippen molar-refractivity contribution < 1.29 is 4.79 Å². The molecule has 0 aromatic carbocycles. The quantitative estimate of drug-likeness (QED) is 0.851. The molecule has 4 nitrogen and oxygen atoms in total. The zero-order chi connectivity index (χ0) is 13.0. The average Bonchev–Trinajstić information content (AvgIpc) is 2.39. The van der Waals surface area contributed by atoms with Crippen molar-refractivity contribution in [2.75, 3.05) is 19.0 Å². The molecule has 1 atom stereocenters. The molecule has 1 fully saturated rings. The second kappa shape index (κ2) is 6.05.